The minimum Gasteiger partial charge on any atom is -0.396 e. The first-order valence-corrected chi connectivity index (χ1v) is 5.98. The fourth-order valence-electron chi connectivity index (χ4n) is 1.20. The van der Waals surface area contributed by atoms with Crippen LogP contribution in [0.15, 0.2) is 17.5 Å². The molecule has 0 aliphatic heterocycles. The third-order valence-corrected chi connectivity index (χ3v) is 3.62. The van der Waals surface area contributed by atoms with Gasteiger partial charge in [0.25, 0.3) is 0 Å². The van der Waals surface area contributed by atoms with Gasteiger partial charge in [0.05, 0.1) is 13.2 Å². The lowest BCUT2D eigenvalue weighted by Crippen LogP contribution is -2.38. The first-order chi connectivity index (χ1) is 7.11. The van der Waals surface area contributed by atoms with E-state index < -0.39 is 5.41 Å². The second kappa shape index (κ2) is 5.61. The molecule has 0 aromatic carbocycles. The summed E-state index contributed by atoms with van der Waals surface area (Å²) in [5.74, 6) is 0. The Bertz CT molecular complexity index is 270. The van der Waals surface area contributed by atoms with Crippen LogP contribution in [-0.4, -0.2) is 30.0 Å². The lowest BCUT2D eigenvalue weighted by atomic mass is 9.93. The Morgan fingerprint density at radius 2 is 2.13 bits per heavy atom. The van der Waals surface area contributed by atoms with Crippen LogP contribution in [0.4, 0.5) is 0 Å². The van der Waals surface area contributed by atoms with Crippen LogP contribution in [-0.2, 0) is 0 Å². The second-order valence-corrected chi connectivity index (χ2v) is 5.22. The van der Waals surface area contributed by atoms with Gasteiger partial charge in [0.15, 0.2) is 0 Å². The van der Waals surface area contributed by atoms with Crippen molar-refractivity contribution in [3.63, 3.8) is 0 Å². The first kappa shape index (κ1) is 12.6. The van der Waals surface area contributed by atoms with Crippen LogP contribution >= 0.6 is 11.3 Å². The monoisotopic (exact) mass is 229 g/mol. The van der Waals surface area contributed by atoms with E-state index in [4.69, 9.17) is 10.2 Å². The van der Waals surface area contributed by atoms with E-state index in [0.29, 0.717) is 6.54 Å². The van der Waals surface area contributed by atoms with Crippen LogP contribution in [0, 0.1) is 5.41 Å². The fourth-order valence-corrected chi connectivity index (χ4v) is 1.96. The van der Waals surface area contributed by atoms with Gasteiger partial charge in [-0.05, 0) is 18.4 Å². The SMILES string of the molecule is C[C@H](NCC(C)(CO)CO)c1cccs1. The van der Waals surface area contributed by atoms with Gasteiger partial charge in [-0.2, -0.15) is 0 Å². The van der Waals surface area contributed by atoms with Crippen LogP contribution in [0.1, 0.15) is 24.8 Å². The average Bonchev–Trinajstić information content (AvgIpc) is 2.79. The fraction of sp³-hybridized carbons (Fsp3) is 0.636. The summed E-state index contributed by atoms with van der Waals surface area (Å²) in [7, 11) is 0. The van der Waals surface area contributed by atoms with Gasteiger partial charge in [0.1, 0.15) is 0 Å². The van der Waals surface area contributed by atoms with Crippen molar-refractivity contribution in [3.05, 3.63) is 22.4 Å². The zero-order chi connectivity index (χ0) is 11.3. The molecule has 0 amide bonds. The standard InChI is InChI=1S/C11H19NO2S/c1-9(10-4-3-5-15-10)12-6-11(2,7-13)8-14/h3-5,9,12-14H,6-8H2,1-2H3/t9-/m0/s1. The van der Waals surface area contributed by atoms with Crippen LogP contribution in [0.5, 0.6) is 0 Å². The molecule has 0 bridgehead atoms. The van der Waals surface area contributed by atoms with Crippen molar-refractivity contribution in [2.24, 2.45) is 5.41 Å². The smallest absolute Gasteiger partial charge is 0.0519 e. The van der Waals surface area contributed by atoms with Crippen molar-refractivity contribution >= 4 is 11.3 Å². The topological polar surface area (TPSA) is 52.5 Å². The van der Waals surface area contributed by atoms with Gasteiger partial charge in [0.2, 0.25) is 0 Å². The number of hydrogen-bond donors (Lipinski definition) is 3. The highest BCUT2D eigenvalue weighted by molar-refractivity contribution is 7.10. The van der Waals surface area contributed by atoms with E-state index in [9.17, 15) is 0 Å². The molecular formula is C11H19NO2S. The second-order valence-electron chi connectivity index (χ2n) is 4.24. The van der Waals surface area contributed by atoms with E-state index in [2.05, 4.69) is 18.3 Å². The van der Waals surface area contributed by atoms with E-state index in [-0.39, 0.29) is 19.3 Å². The van der Waals surface area contributed by atoms with Gasteiger partial charge in [0, 0.05) is 22.9 Å². The highest BCUT2D eigenvalue weighted by Gasteiger charge is 2.23. The Balaban J connectivity index is 2.43. The molecule has 15 heavy (non-hydrogen) atoms. The third-order valence-electron chi connectivity index (χ3n) is 2.57. The molecule has 0 aliphatic rings. The molecule has 3 nitrogen and oxygen atoms in total. The number of hydrogen-bond acceptors (Lipinski definition) is 4. The number of aliphatic hydroxyl groups is 2. The lowest BCUT2D eigenvalue weighted by Gasteiger charge is -2.26. The molecule has 0 saturated carbocycles. The summed E-state index contributed by atoms with van der Waals surface area (Å²) in [6.45, 7) is 4.54. The number of aliphatic hydroxyl groups excluding tert-OH is 2. The molecule has 0 fully saturated rings. The summed E-state index contributed by atoms with van der Waals surface area (Å²) in [6, 6.07) is 4.37. The van der Waals surface area contributed by atoms with Crippen molar-refractivity contribution in [3.8, 4) is 0 Å². The van der Waals surface area contributed by atoms with Crippen LogP contribution < -0.4 is 5.32 Å². The third kappa shape index (κ3) is 3.57. The molecule has 1 aromatic rings. The molecule has 0 radical (unpaired) electrons. The minimum atomic E-state index is -0.439. The zero-order valence-corrected chi connectivity index (χ0v) is 10.0. The predicted octanol–water partition coefficient (Wildman–Crippen LogP) is 1.39. The molecule has 1 atom stereocenters. The van der Waals surface area contributed by atoms with Gasteiger partial charge in [-0.25, -0.2) is 0 Å². The van der Waals surface area contributed by atoms with E-state index in [1.54, 1.807) is 11.3 Å². The molecule has 0 spiro atoms. The maximum Gasteiger partial charge on any atom is 0.0519 e. The summed E-state index contributed by atoms with van der Waals surface area (Å²) in [5.41, 5.74) is -0.439. The van der Waals surface area contributed by atoms with Crippen LogP contribution in [0.2, 0.25) is 0 Å². The highest BCUT2D eigenvalue weighted by atomic mass is 32.1. The summed E-state index contributed by atoms with van der Waals surface area (Å²) < 4.78 is 0. The van der Waals surface area contributed by atoms with Gasteiger partial charge in [-0.3, -0.25) is 0 Å². The van der Waals surface area contributed by atoms with E-state index in [0.717, 1.165) is 0 Å². The summed E-state index contributed by atoms with van der Waals surface area (Å²) in [5, 5.41) is 23.6. The zero-order valence-electron chi connectivity index (χ0n) is 9.23. The van der Waals surface area contributed by atoms with E-state index >= 15 is 0 Å². The Morgan fingerprint density at radius 1 is 1.47 bits per heavy atom. The predicted molar refractivity (Wildman–Crippen MR) is 63.0 cm³/mol. The quantitative estimate of drug-likeness (QED) is 0.691. The summed E-state index contributed by atoms with van der Waals surface area (Å²) >= 11 is 1.71. The van der Waals surface area contributed by atoms with Crippen molar-refractivity contribution in [2.75, 3.05) is 19.8 Å². The van der Waals surface area contributed by atoms with E-state index in [1.165, 1.54) is 4.88 Å². The molecule has 0 aliphatic carbocycles. The lowest BCUT2D eigenvalue weighted by molar-refractivity contribution is 0.0678. The maximum atomic E-state index is 9.13. The first-order valence-electron chi connectivity index (χ1n) is 5.10. The molecule has 1 rings (SSSR count). The largest absolute Gasteiger partial charge is 0.396 e. The molecule has 86 valence electrons. The van der Waals surface area contributed by atoms with Crippen molar-refractivity contribution in [1.29, 1.82) is 0 Å². The highest BCUT2D eigenvalue weighted by Crippen LogP contribution is 2.20. The molecule has 1 aromatic heterocycles. The normalized spacial score (nSPS) is 14.1. The number of thiophene rings is 1. The van der Waals surface area contributed by atoms with Gasteiger partial charge in [-0.1, -0.05) is 13.0 Å². The molecule has 1 heterocycles. The van der Waals surface area contributed by atoms with E-state index in [1.807, 2.05) is 18.4 Å². The average molecular weight is 229 g/mol. The van der Waals surface area contributed by atoms with Crippen molar-refractivity contribution in [1.82, 2.24) is 5.32 Å². The summed E-state index contributed by atoms with van der Waals surface area (Å²) in [6.07, 6.45) is 0. The van der Waals surface area contributed by atoms with Crippen LogP contribution in [0.25, 0.3) is 0 Å². The molecule has 4 heteroatoms. The van der Waals surface area contributed by atoms with Gasteiger partial charge in [-0.15, -0.1) is 11.3 Å². The molecular weight excluding hydrogens is 210 g/mol. The molecule has 0 saturated heterocycles. The number of rotatable bonds is 6. The maximum absolute atomic E-state index is 9.13. The summed E-state index contributed by atoms with van der Waals surface area (Å²) in [4.78, 5) is 1.27. The Kier molecular flexibility index (Phi) is 4.73. The Hall–Kier alpha value is -0.420. The van der Waals surface area contributed by atoms with Gasteiger partial charge >= 0.3 is 0 Å². The van der Waals surface area contributed by atoms with Crippen molar-refractivity contribution < 1.29 is 10.2 Å². The molecule has 3 N–H and O–H groups in total. The van der Waals surface area contributed by atoms with Crippen LogP contribution in [0.3, 0.4) is 0 Å². The minimum absolute atomic E-state index is 0.00629. The van der Waals surface area contributed by atoms with Gasteiger partial charge < -0.3 is 15.5 Å². The molecule has 0 unspecified atom stereocenters. The van der Waals surface area contributed by atoms with Crippen molar-refractivity contribution in [2.45, 2.75) is 19.9 Å². The number of nitrogens with one attached hydrogen (secondary N) is 1. The Labute approximate surface area is 94.8 Å². The Morgan fingerprint density at radius 3 is 2.60 bits per heavy atom.